The van der Waals surface area contributed by atoms with Gasteiger partial charge in [-0.2, -0.15) is 0 Å². The highest BCUT2D eigenvalue weighted by molar-refractivity contribution is 5.94. The lowest BCUT2D eigenvalue weighted by Crippen LogP contribution is -2.32. The lowest BCUT2D eigenvalue weighted by Gasteiger charge is -2.39. The van der Waals surface area contributed by atoms with Crippen molar-refractivity contribution in [1.82, 2.24) is 0 Å². The van der Waals surface area contributed by atoms with E-state index in [-0.39, 0.29) is 11.3 Å². The van der Waals surface area contributed by atoms with Gasteiger partial charge >= 0.3 is 0 Å². The fraction of sp³-hybridized carbons (Fsp3) is 0.350. The van der Waals surface area contributed by atoms with E-state index in [1.165, 1.54) is 27.5 Å². The van der Waals surface area contributed by atoms with E-state index in [1.54, 1.807) is 6.92 Å². The van der Waals surface area contributed by atoms with Gasteiger partial charge in [-0.25, -0.2) is 0 Å². The van der Waals surface area contributed by atoms with E-state index in [1.807, 2.05) is 0 Å². The highest BCUT2D eigenvalue weighted by atomic mass is 16.1. The summed E-state index contributed by atoms with van der Waals surface area (Å²) in [4.78, 5) is 12.0. The number of hydrogen-bond donors (Lipinski definition) is 0. The maximum atomic E-state index is 12.0. The minimum absolute atomic E-state index is 0.0429. The number of ketones is 1. The summed E-state index contributed by atoms with van der Waals surface area (Å²) in [5.41, 5.74) is 4.31. The molecule has 0 heterocycles. The van der Waals surface area contributed by atoms with Crippen molar-refractivity contribution in [1.29, 1.82) is 0 Å². The number of carbonyl (C=O) groups is 1. The van der Waals surface area contributed by atoms with E-state index in [0.29, 0.717) is 5.78 Å². The van der Waals surface area contributed by atoms with Gasteiger partial charge in [0.25, 0.3) is 0 Å². The Morgan fingerprint density at radius 3 is 2.81 bits per heavy atom. The largest absolute Gasteiger partial charge is 0.300 e. The van der Waals surface area contributed by atoms with Gasteiger partial charge in [-0.05, 0) is 53.7 Å². The highest BCUT2D eigenvalue weighted by Crippen LogP contribution is 2.55. The Kier molecular flexibility index (Phi) is 2.63. The van der Waals surface area contributed by atoms with Crippen molar-refractivity contribution in [2.24, 2.45) is 11.3 Å². The summed E-state index contributed by atoms with van der Waals surface area (Å²) in [6, 6.07) is 13.1. The van der Waals surface area contributed by atoms with Gasteiger partial charge in [0.05, 0.1) is 0 Å². The van der Waals surface area contributed by atoms with Gasteiger partial charge < -0.3 is 0 Å². The van der Waals surface area contributed by atoms with E-state index in [0.717, 1.165) is 19.3 Å². The van der Waals surface area contributed by atoms with Crippen LogP contribution in [0.3, 0.4) is 0 Å². The molecule has 0 radical (unpaired) electrons. The quantitative estimate of drug-likeness (QED) is 0.732. The molecule has 2 atom stereocenters. The predicted molar refractivity (Wildman–Crippen MR) is 87.1 cm³/mol. The number of hydrogen-bond acceptors (Lipinski definition) is 1. The van der Waals surface area contributed by atoms with E-state index in [4.69, 9.17) is 0 Å². The lowest BCUT2D eigenvalue weighted by atomic mass is 9.64. The Hall–Kier alpha value is -1.89. The summed E-state index contributed by atoms with van der Waals surface area (Å²) in [6.07, 6.45) is 5.39. The molecule has 21 heavy (non-hydrogen) atoms. The molecule has 1 nitrogen and oxygen atoms in total. The van der Waals surface area contributed by atoms with Gasteiger partial charge in [0, 0.05) is 11.3 Å². The number of aryl methyl sites for hydroxylation is 1. The summed E-state index contributed by atoms with van der Waals surface area (Å²) < 4.78 is 0. The third-order valence-electron chi connectivity index (χ3n) is 5.66. The predicted octanol–water partition coefficient (Wildman–Crippen LogP) is 4.78. The van der Waals surface area contributed by atoms with E-state index >= 15 is 0 Å². The first kappa shape index (κ1) is 12.8. The second-order valence-corrected chi connectivity index (χ2v) is 6.75. The van der Waals surface area contributed by atoms with Gasteiger partial charge in [-0.3, -0.25) is 4.79 Å². The van der Waals surface area contributed by atoms with Crippen LogP contribution >= 0.6 is 0 Å². The first-order chi connectivity index (χ1) is 10.1. The molecule has 0 unspecified atom stereocenters. The molecule has 2 aliphatic rings. The molecule has 4 rings (SSSR count). The molecule has 0 fully saturated rings. The molecule has 0 spiro atoms. The van der Waals surface area contributed by atoms with E-state index < -0.39 is 0 Å². The maximum Gasteiger partial charge on any atom is 0.134 e. The van der Waals surface area contributed by atoms with Crippen LogP contribution in [-0.2, 0) is 11.2 Å². The Balaban J connectivity index is 1.92. The zero-order chi connectivity index (χ0) is 14.6. The standard InChI is InChI=1S/C20H20O/c1-13(21)18-9-10-19-17-8-7-14-5-3-4-6-15(14)16(17)11-12-20(18,19)2/h3-8,10,18H,9,11-12H2,1-2H3/t18-,20-/m1/s1. The van der Waals surface area contributed by atoms with Crippen molar-refractivity contribution < 1.29 is 4.79 Å². The SMILES string of the molecule is CC(=O)[C@H]1CC=C2c3ccc4ccccc4c3CC[C@@]21C. The zero-order valence-corrected chi connectivity index (χ0v) is 12.6. The number of benzene rings is 2. The minimum atomic E-state index is 0.0429. The van der Waals surface area contributed by atoms with Crippen LogP contribution in [0.15, 0.2) is 42.5 Å². The molecule has 2 aromatic rings. The van der Waals surface area contributed by atoms with Gasteiger partial charge in [0.15, 0.2) is 0 Å². The molecule has 0 amide bonds. The molecule has 0 bridgehead atoms. The number of rotatable bonds is 1. The number of fused-ring (bicyclic) bond motifs is 5. The van der Waals surface area contributed by atoms with Crippen LogP contribution < -0.4 is 0 Å². The van der Waals surface area contributed by atoms with Crippen molar-refractivity contribution in [3.8, 4) is 0 Å². The molecular weight excluding hydrogens is 256 g/mol. The Labute approximate surface area is 125 Å². The molecule has 0 aromatic heterocycles. The number of Topliss-reactive ketones (excluding diaryl/α,β-unsaturated/α-hetero) is 1. The monoisotopic (exact) mass is 276 g/mol. The summed E-state index contributed by atoms with van der Waals surface area (Å²) in [5.74, 6) is 0.514. The average Bonchev–Trinajstić information content (AvgIpc) is 2.84. The van der Waals surface area contributed by atoms with Crippen molar-refractivity contribution in [3.05, 3.63) is 53.6 Å². The summed E-state index contributed by atoms with van der Waals surface area (Å²) in [5, 5.41) is 2.70. The zero-order valence-electron chi connectivity index (χ0n) is 12.6. The molecule has 2 aromatic carbocycles. The molecule has 2 aliphatic carbocycles. The van der Waals surface area contributed by atoms with Gasteiger partial charge in [0.2, 0.25) is 0 Å². The first-order valence-electron chi connectivity index (χ1n) is 7.83. The highest BCUT2D eigenvalue weighted by Gasteiger charge is 2.46. The smallest absolute Gasteiger partial charge is 0.134 e. The summed E-state index contributed by atoms with van der Waals surface area (Å²) in [7, 11) is 0. The van der Waals surface area contributed by atoms with Gasteiger partial charge in [-0.15, -0.1) is 0 Å². The average molecular weight is 276 g/mol. The molecule has 0 saturated heterocycles. The molecule has 0 aliphatic heterocycles. The van der Waals surface area contributed by atoms with Crippen LogP contribution in [0.5, 0.6) is 0 Å². The molecule has 106 valence electrons. The fourth-order valence-corrected chi connectivity index (χ4v) is 4.50. The van der Waals surface area contributed by atoms with Crippen LogP contribution in [0.4, 0.5) is 0 Å². The van der Waals surface area contributed by atoms with Gasteiger partial charge in [-0.1, -0.05) is 49.4 Å². The second kappa shape index (κ2) is 4.30. The number of carbonyl (C=O) groups excluding carboxylic acids is 1. The molecule has 0 N–H and O–H groups in total. The Morgan fingerprint density at radius 2 is 2.00 bits per heavy atom. The van der Waals surface area contributed by atoms with Crippen molar-refractivity contribution in [3.63, 3.8) is 0 Å². The van der Waals surface area contributed by atoms with Crippen LogP contribution in [0.25, 0.3) is 16.3 Å². The third-order valence-corrected chi connectivity index (χ3v) is 5.66. The minimum Gasteiger partial charge on any atom is -0.300 e. The van der Waals surface area contributed by atoms with Crippen LogP contribution in [0.2, 0.25) is 0 Å². The molecule has 1 heteroatoms. The van der Waals surface area contributed by atoms with Crippen molar-refractivity contribution in [2.75, 3.05) is 0 Å². The lowest BCUT2D eigenvalue weighted by molar-refractivity contribution is -0.123. The first-order valence-corrected chi connectivity index (χ1v) is 7.83. The molecule has 0 saturated carbocycles. The maximum absolute atomic E-state index is 12.0. The second-order valence-electron chi connectivity index (χ2n) is 6.75. The Morgan fingerprint density at radius 1 is 1.19 bits per heavy atom. The van der Waals surface area contributed by atoms with Crippen molar-refractivity contribution >= 4 is 22.1 Å². The van der Waals surface area contributed by atoms with E-state index in [2.05, 4.69) is 49.4 Å². The molecular formula is C20H20O. The van der Waals surface area contributed by atoms with Crippen LogP contribution in [0.1, 0.15) is 37.8 Å². The topological polar surface area (TPSA) is 17.1 Å². The Bertz CT molecular complexity index is 784. The van der Waals surface area contributed by atoms with Crippen molar-refractivity contribution in [2.45, 2.75) is 33.1 Å². The third kappa shape index (κ3) is 1.67. The summed E-state index contributed by atoms with van der Waals surface area (Å²) in [6.45, 7) is 4.04. The number of allylic oxidation sites excluding steroid dienone is 2. The van der Waals surface area contributed by atoms with Crippen LogP contribution in [0, 0.1) is 11.3 Å². The summed E-state index contributed by atoms with van der Waals surface area (Å²) >= 11 is 0. The van der Waals surface area contributed by atoms with Crippen LogP contribution in [-0.4, -0.2) is 5.78 Å². The van der Waals surface area contributed by atoms with E-state index in [9.17, 15) is 4.79 Å². The normalized spacial score (nSPS) is 27.1. The van der Waals surface area contributed by atoms with Gasteiger partial charge in [0.1, 0.15) is 5.78 Å². The fourth-order valence-electron chi connectivity index (χ4n) is 4.50.